The maximum Gasteiger partial charge on any atom is 0.275 e. The molecule has 5 nitrogen and oxygen atoms in total. The van der Waals surface area contributed by atoms with Crippen molar-refractivity contribution in [1.29, 1.82) is 0 Å². The van der Waals surface area contributed by atoms with E-state index in [4.69, 9.17) is 27.9 Å². The number of carbonyl (C=O) groups excluding carboxylic acids is 1. The standard InChI is InChI=1S/C15H15Cl2N3O2S/c16-10-1-2-11(17)12(7-10)19-15(21)13-9-23-14(18-13)8-20-3-5-22-6-4-20/h1-2,7,9H,3-6,8H2,(H,19,21). The summed E-state index contributed by atoms with van der Waals surface area (Å²) in [6.07, 6.45) is 0. The first-order valence-corrected chi connectivity index (χ1v) is 8.76. The average molecular weight is 372 g/mol. The van der Waals surface area contributed by atoms with Crippen LogP contribution in [0.4, 0.5) is 5.69 Å². The van der Waals surface area contributed by atoms with Crippen molar-refractivity contribution < 1.29 is 9.53 Å². The number of aromatic nitrogens is 1. The summed E-state index contributed by atoms with van der Waals surface area (Å²) in [5.41, 5.74) is 0.862. The zero-order valence-corrected chi connectivity index (χ0v) is 14.5. The van der Waals surface area contributed by atoms with Gasteiger partial charge in [0.1, 0.15) is 10.7 Å². The fraction of sp³-hybridized carbons (Fsp3) is 0.333. The Morgan fingerprint density at radius 2 is 2.13 bits per heavy atom. The molecule has 0 radical (unpaired) electrons. The number of rotatable bonds is 4. The Kier molecular flexibility index (Phi) is 5.50. The van der Waals surface area contributed by atoms with Crippen LogP contribution in [-0.4, -0.2) is 42.1 Å². The van der Waals surface area contributed by atoms with Crippen LogP contribution in [0, 0.1) is 0 Å². The number of halogens is 2. The second-order valence-corrected chi connectivity index (χ2v) is 6.88. The number of benzene rings is 1. The quantitative estimate of drug-likeness (QED) is 0.892. The molecule has 1 saturated heterocycles. The molecular weight excluding hydrogens is 357 g/mol. The van der Waals surface area contributed by atoms with Gasteiger partial charge in [0.15, 0.2) is 0 Å². The Morgan fingerprint density at radius 1 is 1.35 bits per heavy atom. The molecule has 2 aromatic rings. The van der Waals surface area contributed by atoms with Crippen molar-refractivity contribution in [3.05, 3.63) is 44.3 Å². The van der Waals surface area contributed by atoms with E-state index in [1.807, 2.05) is 0 Å². The summed E-state index contributed by atoms with van der Waals surface area (Å²) in [4.78, 5) is 18.9. The van der Waals surface area contributed by atoms with Gasteiger partial charge in [-0.3, -0.25) is 9.69 Å². The average Bonchev–Trinajstić information content (AvgIpc) is 3.00. The molecule has 2 heterocycles. The molecule has 122 valence electrons. The number of thiazole rings is 1. The molecule has 3 rings (SSSR count). The summed E-state index contributed by atoms with van der Waals surface area (Å²) in [5.74, 6) is -0.293. The van der Waals surface area contributed by atoms with Gasteiger partial charge in [0.25, 0.3) is 5.91 Å². The number of nitrogens with one attached hydrogen (secondary N) is 1. The summed E-state index contributed by atoms with van der Waals surface area (Å²) in [6.45, 7) is 4.00. The van der Waals surface area contributed by atoms with E-state index in [0.717, 1.165) is 37.9 Å². The summed E-state index contributed by atoms with van der Waals surface area (Å²) in [7, 11) is 0. The lowest BCUT2D eigenvalue weighted by atomic mass is 10.3. The highest BCUT2D eigenvalue weighted by Gasteiger charge is 2.16. The number of amides is 1. The molecule has 1 amide bonds. The van der Waals surface area contributed by atoms with E-state index in [0.29, 0.717) is 21.4 Å². The van der Waals surface area contributed by atoms with Crippen LogP contribution in [0.25, 0.3) is 0 Å². The van der Waals surface area contributed by atoms with Crippen molar-refractivity contribution in [2.24, 2.45) is 0 Å². The van der Waals surface area contributed by atoms with Crippen LogP contribution < -0.4 is 5.32 Å². The van der Waals surface area contributed by atoms with Gasteiger partial charge in [-0.05, 0) is 18.2 Å². The molecule has 1 N–H and O–H groups in total. The Balaban J connectivity index is 1.65. The van der Waals surface area contributed by atoms with Crippen LogP contribution in [0.15, 0.2) is 23.6 Å². The number of ether oxygens (including phenoxy) is 1. The fourth-order valence-corrected chi connectivity index (χ4v) is 3.37. The molecule has 0 spiro atoms. The van der Waals surface area contributed by atoms with Gasteiger partial charge in [0, 0.05) is 23.5 Å². The maximum absolute atomic E-state index is 12.3. The monoisotopic (exact) mass is 371 g/mol. The Morgan fingerprint density at radius 3 is 2.91 bits per heavy atom. The predicted molar refractivity (Wildman–Crippen MR) is 92.6 cm³/mol. The van der Waals surface area contributed by atoms with E-state index >= 15 is 0 Å². The van der Waals surface area contributed by atoms with Gasteiger partial charge in [0.05, 0.1) is 30.5 Å². The van der Waals surface area contributed by atoms with E-state index in [9.17, 15) is 4.79 Å². The molecule has 0 atom stereocenters. The van der Waals surface area contributed by atoms with Gasteiger partial charge in [-0.15, -0.1) is 11.3 Å². The van der Waals surface area contributed by atoms with Gasteiger partial charge < -0.3 is 10.1 Å². The summed E-state index contributed by atoms with van der Waals surface area (Å²) in [6, 6.07) is 4.93. The second-order valence-electron chi connectivity index (χ2n) is 5.09. The largest absolute Gasteiger partial charge is 0.379 e. The van der Waals surface area contributed by atoms with Crippen LogP contribution in [-0.2, 0) is 11.3 Å². The predicted octanol–water partition coefficient (Wildman–Crippen LogP) is 3.53. The van der Waals surface area contributed by atoms with Crippen molar-refractivity contribution in [2.75, 3.05) is 31.6 Å². The van der Waals surface area contributed by atoms with Crippen LogP contribution in [0.1, 0.15) is 15.5 Å². The van der Waals surface area contributed by atoms with Crippen LogP contribution >= 0.6 is 34.5 Å². The van der Waals surface area contributed by atoms with E-state index in [1.54, 1.807) is 23.6 Å². The normalized spacial score (nSPS) is 15.6. The minimum absolute atomic E-state index is 0.293. The number of hydrogen-bond donors (Lipinski definition) is 1. The first kappa shape index (κ1) is 16.7. The molecule has 1 aliphatic rings. The molecule has 23 heavy (non-hydrogen) atoms. The molecular formula is C15H15Cl2N3O2S. The minimum atomic E-state index is -0.293. The second kappa shape index (κ2) is 7.59. The van der Waals surface area contributed by atoms with Gasteiger partial charge in [0.2, 0.25) is 0 Å². The summed E-state index contributed by atoms with van der Waals surface area (Å²) in [5, 5.41) is 6.35. The first-order valence-electron chi connectivity index (χ1n) is 7.13. The fourth-order valence-electron chi connectivity index (χ4n) is 2.22. The van der Waals surface area contributed by atoms with E-state index in [1.165, 1.54) is 11.3 Å². The lowest BCUT2D eigenvalue weighted by Crippen LogP contribution is -2.35. The van der Waals surface area contributed by atoms with Crippen molar-refractivity contribution in [2.45, 2.75) is 6.54 Å². The number of anilines is 1. The number of carbonyl (C=O) groups is 1. The molecule has 8 heteroatoms. The third-order valence-corrected chi connectivity index (χ3v) is 4.82. The smallest absolute Gasteiger partial charge is 0.275 e. The van der Waals surface area contributed by atoms with Gasteiger partial charge in [-0.25, -0.2) is 4.98 Å². The molecule has 1 fully saturated rings. The third-order valence-electron chi connectivity index (χ3n) is 3.42. The van der Waals surface area contributed by atoms with Gasteiger partial charge in [-0.1, -0.05) is 23.2 Å². The molecule has 0 saturated carbocycles. The Hall–Kier alpha value is -1.18. The van der Waals surface area contributed by atoms with E-state index in [2.05, 4.69) is 15.2 Å². The first-order chi connectivity index (χ1) is 11.1. The van der Waals surface area contributed by atoms with Crippen molar-refractivity contribution in [3.8, 4) is 0 Å². The van der Waals surface area contributed by atoms with Gasteiger partial charge >= 0.3 is 0 Å². The lowest BCUT2D eigenvalue weighted by Gasteiger charge is -2.25. The highest BCUT2D eigenvalue weighted by atomic mass is 35.5. The minimum Gasteiger partial charge on any atom is -0.379 e. The van der Waals surface area contributed by atoms with Gasteiger partial charge in [-0.2, -0.15) is 0 Å². The highest BCUT2D eigenvalue weighted by molar-refractivity contribution is 7.09. The third kappa shape index (κ3) is 4.43. The number of hydrogen-bond acceptors (Lipinski definition) is 5. The Bertz CT molecular complexity index is 702. The lowest BCUT2D eigenvalue weighted by molar-refractivity contribution is 0.0341. The SMILES string of the molecule is O=C(Nc1cc(Cl)ccc1Cl)c1csc(CN2CCOCC2)n1. The Labute approximate surface area is 148 Å². The van der Waals surface area contributed by atoms with Crippen LogP contribution in [0.2, 0.25) is 10.0 Å². The van der Waals surface area contributed by atoms with Crippen LogP contribution in [0.3, 0.4) is 0 Å². The highest BCUT2D eigenvalue weighted by Crippen LogP contribution is 2.26. The molecule has 0 aliphatic carbocycles. The maximum atomic E-state index is 12.3. The van der Waals surface area contributed by atoms with Crippen molar-refractivity contribution in [3.63, 3.8) is 0 Å². The van der Waals surface area contributed by atoms with E-state index in [-0.39, 0.29) is 5.91 Å². The molecule has 1 aromatic carbocycles. The number of morpholine rings is 1. The molecule has 1 aliphatic heterocycles. The zero-order chi connectivity index (χ0) is 16.2. The van der Waals surface area contributed by atoms with E-state index < -0.39 is 0 Å². The summed E-state index contributed by atoms with van der Waals surface area (Å²) >= 11 is 13.4. The summed E-state index contributed by atoms with van der Waals surface area (Å²) < 4.78 is 5.32. The van der Waals surface area contributed by atoms with Crippen LogP contribution in [0.5, 0.6) is 0 Å². The number of nitrogens with zero attached hydrogens (tertiary/aromatic N) is 2. The van der Waals surface area contributed by atoms with Crippen molar-refractivity contribution >= 4 is 46.1 Å². The molecule has 0 bridgehead atoms. The van der Waals surface area contributed by atoms with Crippen molar-refractivity contribution in [1.82, 2.24) is 9.88 Å². The zero-order valence-electron chi connectivity index (χ0n) is 12.2. The molecule has 0 unspecified atom stereocenters. The molecule has 1 aromatic heterocycles. The topological polar surface area (TPSA) is 54.5 Å².